The van der Waals surface area contributed by atoms with E-state index in [4.69, 9.17) is 15.2 Å². The zero-order chi connectivity index (χ0) is 26.5. The molecule has 5 heteroatoms. The molecule has 1 rings (SSSR count). The van der Waals surface area contributed by atoms with E-state index >= 15 is 0 Å². The molecule has 0 radical (unpaired) electrons. The summed E-state index contributed by atoms with van der Waals surface area (Å²) in [5.74, 6) is 1.21. The van der Waals surface area contributed by atoms with Gasteiger partial charge in [-0.1, -0.05) is 103 Å². The lowest BCUT2D eigenvalue weighted by atomic mass is 10.0. The molecule has 0 aliphatic rings. The second-order valence-electron chi connectivity index (χ2n) is 10.8. The van der Waals surface area contributed by atoms with Gasteiger partial charge in [-0.15, -0.1) is 0 Å². The molecular weight excluding hydrogens is 448 g/mol. The Bertz CT molecular complexity index is 725. The van der Waals surface area contributed by atoms with E-state index in [9.17, 15) is 4.79 Å². The maximum Gasteiger partial charge on any atom is 0.228 e. The van der Waals surface area contributed by atoms with Crippen molar-refractivity contribution in [3.05, 3.63) is 36.0 Å². The third-order valence-electron chi connectivity index (χ3n) is 6.28. The van der Waals surface area contributed by atoms with Gasteiger partial charge in [0.2, 0.25) is 5.91 Å². The molecule has 0 fully saturated rings. The van der Waals surface area contributed by atoms with Gasteiger partial charge < -0.3 is 20.5 Å². The van der Waals surface area contributed by atoms with E-state index in [1.54, 1.807) is 13.3 Å². The fourth-order valence-electron chi connectivity index (χ4n) is 4.13. The number of rotatable bonds is 22. The molecule has 0 saturated carbocycles. The van der Waals surface area contributed by atoms with Gasteiger partial charge in [0, 0.05) is 5.54 Å². The highest BCUT2D eigenvalue weighted by Crippen LogP contribution is 2.28. The van der Waals surface area contributed by atoms with Gasteiger partial charge in [-0.25, -0.2) is 0 Å². The Morgan fingerprint density at radius 1 is 0.889 bits per heavy atom. The lowest BCUT2D eigenvalue weighted by Gasteiger charge is -2.20. The number of carbonyl (C=O) groups excluding carboxylic acids is 1. The van der Waals surface area contributed by atoms with Gasteiger partial charge in [0.15, 0.2) is 11.5 Å². The molecule has 1 aromatic carbocycles. The van der Waals surface area contributed by atoms with Crippen LogP contribution in [0.25, 0.3) is 0 Å². The number of nitrogens with two attached hydrogens (primary N) is 1. The standard InChI is InChI=1S/C31H54N2O3/c1-5-6-7-8-9-10-11-12-13-14-15-16-17-18-19-20-23-33-30(34)25-27-21-22-28(29(24-27)35-4)36-26-31(2,3)32/h20-24H,5-19,25-26,32H2,1-4H3,(H,33,34)/b23-20+. The summed E-state index contributed by atoms with van der Waals surface area (Å²) in [5.41, 5.74) is 6.43. The zero-order valence-electron chi connectivity index (χ0n) is 23.7. The molecule has 1 amide bonds. The number of benzene rings is 1. The van der Waals surface area contributed by atoms with Gasteiger partial charge in [-0.2, -0.15) is 0 Å². The average molecular weight is 503 g/mol. The Labute approximate surface area is 221 Å². The smallest absolute Gasteiger partial charge is 0.228 e. The van der Waals surface area contributed by atoms with Crippen molar-refractivity contribution in [3.63, 3.8) is 0 Å². The second-order valence-corrected chi connectivity index (χ2v) is 10.8. The van der Waals surface area contributed by atoms with Crippen molar-refractivity contribution in [1.82, 2.24) is 5.32 Å². The van der Waals surface area contributed by atoms with Crippen LogP contribution in [0.5, 0.6) is 11.5 Å². The third-order valence-corrected chi connectivity index (χ3v) is 6.28. The predicted octanol–water partition coefficient (Wildman–Crippen LogP) is 7.86. The highest BCUT2D eigenvalue weighted by Gasteiger charge is 2.14. The van der Waals surface area contributed by atoms with Crippen LogP contribution in [0.4, 0.5) is 0 Å². The number of carbonyl (C=O) groups is 1. The van der Waals surface area contributed by atoms with Gasteiger partial charge in [0.25, 0.3) is 0 Å². The summed E-state index contributed by atoms with van der Waals surface area (Å²) >= 11 is 0. The van der Waals surface area contributed by atoms with Gasteiger partial charge >= 0.3 is 0 Å². The molecule has 0 spiro atoms. The van der Waals surface area contributed by atoms with Crippen molar-refractivity contribution < 1.29 is 14.3 Å². The summed E-state index contributed by atoms with van der Waals surface area (Å²) in [6, 6.07) is 5.56. The molecule has 0 bridgehead atoms. The Morgan fingerprint density at radius 2 is 1.44 bits per heavy atom. The van der Waals surface area contributed by atoms with E-state index in [1.165, 1.54) is 89.9 Å². The fraction of sp³-hybridized carbons (Fsp3) is 0.710. The number of hydrogen-bond acceptors (Lipinski definition) is 4. The highest BCUT2D eigenvalue weighted by atomic mass is 16.5. The third kappa shape index (κ3) is 17.4. The van der Waals surface area contributed by atoms with Crippen molar-refractivity contribution in [2.45, 2.75) is 129 Å². The molecule has 36 heavy (non-hydrogen) atoms. The molecule has 0 aromatic heterocycles. The summed E-state index contributed by atoms with van der Waals surface area (Å²) < 4.78 is 11.2. The first kappa shape index (κ1) is 32.0. The Kier molecular flexibility index (Phi) is 17.9. The summed E-state index contributed by atoms with van der Waals surface area (Å²) in [6.07, 6.45) is 24.3. The van der Waals surface area contributed by atoms with E-state index in [0.717, 1.165) is 12.0 Å². The van der Waals surface area contributed by atoms with Gasteiger partial charge in [0.05, 0.1) is 13.5 Å². The van der Waals surface area contributed by atoms with Gasteiger partial charge in [-0.05, 0) is 50.6 Å². The lowest BCUT2D eigenvalue weighted by Crippen LogP contribution is -2.38. The highest BCUT2D eigenvalue weighted by molar-refractivity contribution is 5.79. The van der Waals surface area contributed by atoms with Crippen LogP contribution in [0.15, 0.2) is 30.5 Å². The topological polar surface area (TPSA) is 73.6 Å². The summed E-state index contributed by atoms with van der Waals surface area (Å²) in [5, 5.41) is 2.87. The number of amides is 1. The van der Waals surface area contributed by atoms with Crippen LogP contribution in [0.3, 0.4) is 0 Å². The van der Waals surface area contributed by atoms with Crippen molar-refractivity contribution in [2.75, 3.05) is 13.7 Å². The Hall–Kier alpha value is -2.01. The monoisotopic (exact) mass is 502 g/mol. The van der Waals surface area contributed by atoms with Crippen molar-refractivity contribution >= 4 is 5.91 Å². The maximum atomic E-state index is 12.3. The Morgan fingerprint density at radius 3 is 1.97 bits per heavy atom. The summed E-state index contributed by atoms with van der Waals surface area (Å²) in [4.78, 5) is 12.3. The number of nitrogens with one attached hydrogen (secondary N) is 1. The minimum atomic E-state index is -0.428. The van der Waals surface area contributed by atoms with E-state index in [0.29, 0.717) is 24.5 Å². The van der Waals surface area contributed by atoms with Gasteiger partial charge in [-0.3, -0.25) is 4.79 Å². The van der Waals surface area contributed by atoms with Gasteiger partial charge in [0.1, 0.15) is 6.61 Å². The second kappa shape index (κ2) is 20.1. The first-order valence-corrected chi connectivity index (χ1v) is 14.4. The molecule has 0 aliphatic heterocycles. The van der Waals surface area contributed by atoms with Crippen molar-refractivity contribution in [3.8, 4) is 11.5 Å². The largest absolute Gasteiger partial charge is 0.493 e. The first-order valence-electron chi connectivity index (χ1n) is 14.4. The molecule has 1 aromatic rings. The van der Waals surface area contributed by atoms with Crippen LogP contribution in [-0.4, -0.2) is 25.2 Å². The molecule has 206 valence electrons. The fourth-order valence-corrected chi connectivity index (χ4v) is 4.13. The summed E-state index contributed by atoms with van der Waals surface area (Å²) in [6.45, 7) is 6.48. The molecule has 0 atom stereocenters. The molecule has 0 unspecified atom stereocenters. The van der Waals surface area contributed by atoms with Crippen LogP contribution in [0, 0.1) is 0 Å². The van der Waals surface area contributed by atoms with E-state index in [-0.39, 0.29) is 5.91 Å². The molecule has 0 heterocycles. The zero-order valence-corrected chi connectivity index (χ0v) is 23.7. The molecular formula is C31H54N2O3. The minimum Gasteiger partial charge on any atom is -0.493 e. The van der Waals surface area contributed by atoms with Crippen LogP contribution < -0.4 is 20.5 Å². The first-order chi connectivity index (χ1) is 17.4. The number of methoxy groups -OCH3 is 1. The van der Waals surface area contributed by atoms with Crippen LogP contribution in [0.2, 0.25) is 0 Å². The SMILES string of the molecule is CCCCCCCCCCCCCCCC/C=C/NC(=O)Cc1ccc(OCC(C)(C)N)c(OC)c1. The summed E-state index contributed by atoms with van der Waals surface area (Å²) in [7, 11) is 1.60. The van der Waals surface area contributed by atoms with E-state index < -0.39 is 5.54 Å². The van der Waals surface area contributed by atoms with Crippen molar-refractivity contribution in [2.24, 2.45) is 5.73 Å². The number of hydrogen-bond donors (Lipinski definition) is 2. The van der Waals surface area contributed by atoms with Crippen LogP contribution in [0.1, 0.15) is 123 Å². The average Bonchev–Trinajstić information content (AvgIpc) is 2.84. The van der Waals surface area contributed by atoms with Crippen LogP contribution >= 0.6 is 0 Å². The molecule has 3 N–H and O–H groups in total. The number of ether oxygens (including phenoxy) is 2. The molecule has 0 saturated heterocycles. The lowest BCUT2D eigenvalue weighted by molar-refractivity contribution is -0.119. The quantitative estimate of drug-likeness (QED) is 0.158. The normalized spacial score (nSPS) is 11.7. The number of allylic oxidation sites excluding steroid dienone is 1. The Balaban J connectivity index is 2.06. The molecule has 0 aliphatic carbocycles. The van der Waals surface area contributed by atoms with E-state index in [1.807, 2.05) is 32.0 Å². The van der Waals surface area contributed by atoms with Crippen molar-refractivity contribution in [1.29, 1.82) is 0 Å². The van der Waals surface area contributed by atoms with E-state index in [2.05, 4.69) is 18.3 Å². The van der Waals surface area contributed by atoms with Crippen LogP contribution in [-0.2, 0) is 11.2 Å². The predicted molar refractivity (Wildman–Crippen MR) is 153 cm³/mol. The maximum absolute atomic E-state index is 12.3. The molecule has 5 nitrogen and oxygen atoms in total. The number of unbranched alkanes of at least 4 members (excludes halogenated alkanes) is 14. The minimum absolute atomic E-state index is 0.0361.